The number of halogens is 2. The Hall–Kier alpha value is -4.40. The van der Waals surface area contributed by atoms with Crippen LogP contribution in [-0.2, 0) is 19.2 Å². The van der Waals surface area contributed by atoms with Crippen LogP contribution in [0.2, 0.25) is 10.0 Å². The highest BCUT2D eigenvalue weighted by molar-refractivity contribution is 6.52. The van der Waals surface area contributed by atoms with Crippen LogP contribution in [0.25, 0.3) is 5.76 Å². The predicted molar refractivity (Wildman–Crippen MR) is 141 cm³/mol. The van der Waals surface area contributed by atoms with Crippen LogP contribution in [0, 0.1) is 0 Å². The normalized spacial score (nSPS) is 16.8. The molecule has 8 nitrogen and oxygen atoms in total. The van der Waals surface area contributed by atoms with Crippen LogP contribution in [0.15, 0.2) is 90.5 Å². The highest BCUT2D eigenvalue weighted by atomic mass is 35.5. The fraction of sp³-hybridized carbons (Fsp3) is 0.0370. The lowest BCUT2D eigenvalue weighted by Gasteiger charge is -2.25. The average molecular weight is 536 g/mol. The lowest BCUT2D eigenvalue weighted by molar-refractivity contribution is -0.132. The van der Waals surface area contributed by atoms with E-state index in [1.807, 2.05) is 0 Å². The minimum absolute atomic E-state index is 0.149. The van der Waals surface area contributed by atoms with Crippen molar-refractivity contribution in [3.63, 3.8) is 0 Å². The van der Waals surface area contributed by atoms with E-state index in [2.05, 4.69) is 5.32 Å². The standard InChI is InChI=1S/C27H19Cl2N3O5/c28-17-9-7-15(8-10-17)24-23(26(36)27(37)32(24)20-6-2-4-18(29)14-20)25(35)16-3-1-5-19(13-16)31-22(34)12-11-21(30)33/h1-14,24,35H,(H2,30,33)(H,31,34)/b12-11+,25-23?. The van der Waals surface area contributed by atoms with Gasteiger partial charge < -0.3 is 16.2 Å². The zero-order valence-corrected chi connectivity index (χ0v) is 20.5. The van der Waals surface area contributed by atoms with Crippen molar-refractivity contribution in [2.24, 2.45) is 5.73 Å². The van der Waals surface area contributed by atoms with E-state index < -0.39 is 35.3 Å². The number of hydrogen-bond donors (Lipinski definition) is 3. The maximum absolute atomic E-state index is 13.3. The van der Waals surface area contributed by atoms with E-state index in [1.165, 1.54) is 17.0 Å². The summed E-state index contributed by atoms with van der Waals surface area (Å²) in [4.78, 5) is 50.6. The van der Waals surface area contributed by atoms with Crippen molar-refractivity contribution in [2.45, 2.75) is 6.04 Å². The fourth-order valence-corrected chi connectivity index (χ4v) is 4.24. The highest BCUT2D eigenvalue weighted by Crippen LogP contribution is 2.43. The molecule has 37 heavy (non-hydrogen) atoms. The van der Waals surface area contributed by atoms with Crippen molar-refractivity contribution in [3.8, 4) is 0 Å². The van der Waals surface area contributed by atoms with E-state index in [0.29, 0.717) is 21.3 Å². The van der Waals surface area contributed by atoms with Crippen LogP contribution in [0.3, 0.4) is 0 Å². The topological polar surface area (TPSA) is 130 Å². The zero-order valence-electron chi connectivity index (χ0n) is 19.0. The molecule has 1 aliphatic rings. The first-order valence-corrected chi connectivity index (χ1v) is 11.6. The van der Waals surface area contributed by atoms with Crippen molar-refractivity contribution < 1.29 is 24.3 Å². The number of primary amides is 1. The summed E-state index contributed by atoms with van der Waals surface area (Å²) in [7, 11) is 0. The van der Waals surface area contributed by atoms with E-state index in [1.54, 1.807) is 60.7 Å². The summed E-state index contributed by atoms with van der Waals surface area (Å²) in [5.41, 5.74) is 6.21. The van der Waals surface area contributed by atoms with Gasteiger partial charge in [-0.1, -0.05) is 53.5 Å². The lowest BCUT2D eigenvalue weighted by atomic mass is 9.95. The number of carbonyl (C=O) groups is 4. The Morgan fingerprint density at radius 3 is 2.30 bits per heavy atom. The number of carbonyl (C=O) groups excluding carboxylic acids is 4. The van der Waals surface area contributed by atoms with Crippen molar-refractivity contribution >= 4 is 63.8 Å². The molecule has 0 aromatic heterocycles. The number of aliphatic hydroxyl groups excluding tert-OH is 1. The Bertz CT molecular complexity index is 1480. The molecular formula is C27H19Cl2N3O5. The van der Waals surface area contributed by atoms with Gasteiger partial charge >= 0.3 is 0 Å². The molecule has 3 amide bonds. The minimum atomic E-state index is -0.979. The average Bonchev–Trinajstić information content (AvgIpc) is 3.13. The molecule has 1 saturated heterocycles. The second-order valence-corrected chi connectivity index (χ2v) is 8.88. The first-order valence-electron chi connectivity index (χ1n) is 10.9. The third-order valence-corrected chi connectivity index (χ3v) is 6.01. The second kappa shape index (κ2) is 10.7. The Labute approximate surface area is 221 Å². The van der Waals surface area contributed by atoms with E-state index in [0.717, 1.165) is 12.2 Å². The number of benzene rings is 3. The molecule has 0 bridgehead atoms. The summed E-state index contributed by atoms with van der Waals surface area (Å²) in [6.45, 7) is 0. The summed E-state index contributed by atoms with van der Waals surface area (Å²) < 4.78 is 0. The molecule has 0 spiro atoms. The van der Waals surface area contributed by atoms with Gasteiger partial charge in [0.05, 0.1) is 11.6 Å². The maximum atomic E-state index is 13.3. The third kappa shape index (κ3) is 5.55. The number of hydrogen-bond acceptors (Lipinski definition) is 5. The molecule has 1 atom stereocenters. The predicted octanol–water partition coefficient (Wildman–Crippen LogP) is 4.60. The molecule has 1 heterocycles. The second-order valence-electron chi connectivity index (χ2n) is 8.01. The molecule has 1 fully saturated rings. The number of amides is 3. The summed E-state index contributed by atoms with van der Waals surface area (Å²) >= 11 is 12.2. The maximum Gasteiger partial charge on any atom is 0.300 e. The Morgan fingerprint density at radius 1 is 0.919 bits per heavy atom. The Kier molecular flexibility index (Phi) is 7.42. The van der Waals surface area contributed by atoms with Crippen LogP contribution in [0.5, 0.6) is 0 Å². The van der Waals surface area contributed by atoms with Gasteiger partial charge in [-0.05, 0) is 48.0 Å². The van der Waals surface area contributed by atoms with Crippen LogP contribution in [0.4, 0.5) is 11.4 Å². The molecular weight excluding hydrogens is 517 g/mol. The fourth-order valence-electron chi connectivity index (χ4n) is 3.93. The van der Waals surface area contributed by atoms with Gasteiger partial charge in [0.2, 0.25) is 11.8 Å². The molecule has 0 radical (unpaired) electrons. The van der Waals surface area contributed by atoms with Gasteiger partial charge in [-0.3, -0.25) is 24.1 Å². The lowest BCUT2D eigenvalue weighted by Crippen LogP contribution is -2.29. The molecule has 4 N–H and O–H groups in total. The van der Waals surface area contributed by atoms with Gasteiger partial charge in [0, 0.05) is 39.1 Å². The van der Waals surface area contributed by atoms with E-state index >= 15 is 0 Å². The number of nitrogens with one attached hydrogen (secondary N) is 1. The monoisotopic (exact) mass is 535 g/mol. The van der Waals surface area contributed by atoms with Crippen LogP contribution < -0.4 is 16.0 Å². The Balaban J connectivity index is 1.82. The van der Waals surface area contributed by atoms with Crippen molar-refractivity contribution in [1.82, 2.24) is 0 Å². The summed E-state index contributed by atoms with van der Waals surface area (Å²) in [6, 6.07) is 18.1. The first kappa shape index (κ1) is 25.7. The number of rotatable bonds is 6. The van der Waals surface area contributed by atoms with E-state index in [9.17, 15) is 24.3 Å². The molecule has 0 saturated carbocycles. The first-order chi connectivity index (χ1) is 17.7. The van der Waals surface area contributed by atoms with Crippen molar-refractivity contribution in [3.05, 3.63) is 112 Å². The number of nitrogens with two attached hydrogens (primary N) is 1. The summed E-state index contributed by atoms with van der Waals surface area (Å²) in [5, 5.41) is 14.6. The van der Waals surface area contributed by atoms with Gasteiger partial charge in [0.1, 0.15) is 5.76 Å². The molecule has 10 heteroatoms. The number of nitrogens with zero attached hydrogens (tertiary/aromatic N) is 1. The molecule has 3 aromatic rings. The number of ketones is 1. The smallest absolute Gasteiger partial charge is 0.300 e. The van der Waals surface area contributed by atoms with Gasteiger partial charge in [-0.15, -0.1) is 0 Å². The number of Topliss-reactive ketones (excluding diaryl/α,β-unsaturated/α-hetero) is 1. The van der Waals surface area contributed by atoms with E-state index in [4.69, 9.17) is 28.9 Å². The number of aliphatic hydroxyl groups is 1. The third-order valence-electron chi connectivity index (χ3n) is 5.52. The van der Waals surface area contributed by atoms with Crippen molar-refractivity contribution in [2.75, 3.05) is 10.2 Å². The largest absolute Gasteiger partial charge is 0.507 e. The molecule has 0 aliphatic carbocycles. The van der Waals surface area contributed by atoms with Crippen LogP contribution in [0.1, 0.15) is 17.2 Å². The van der Waals surface area contributed by atoms with Gasteiger partial charge in [-0.2, -0.15) is 0 Å². The molecule has 4 rings (SSSR count). The SMILES string of the molecule is NC(=O)/C=C/C(=O)Nc1cccc(C(O)=C2C(=O)C(=O)N(c3cccc(Cl)c3)C2c2ccc(Cl)cc2)c1. The highest BCUT2D eigenvalue weighted by Gasteiger charge is 2.47. The van der Waals surface area contributed by atoms with Gasteiger partial charge in [0.15, 0.2) is 0 Å². The van der Waals surface area contributed by atoms with E-state index in [-0.39, 0.29) is 16.8 Å². The molecule has 1 aliphatic heterocycles. The molecule has 1 unspecified atom stereocenters. The zero-order chi connectivity index (χ0) is 26.7. The van der Waals surface area contributed by atoms with Crippen LogP contribution >= 0.6 is 23.2 Å². The Morgan fingerprint density at radius 2 is 1.62 bits per heavy atom. The quantitative estimate of drug-likeness (QED) is 0.241. The van der Waals surface area contributed by atoms with Gasteiger partial charge in [-0.25, -0.2) is 0 Å². The summed E-state index contributed by atoms with van der Waals surface area (Å²) in [6.07, 6.45) is 1.87. The van der Waals surface area contributed by atoms with Crippen molar-refractivity contribution in [1.29, 1.82) is 0 Å². The number of anilines is 2. The molecule has 186 valence electrons. The van der Waals surface area contributed by atoms with Crippen LogP contribution in [-0.4, -0.2) is 28.6 Å². The minimum Gasteiger partial charge on any atom is -0.507 e. The van der Waals surface area contributed by atoms with Gasteiger partial charge in [0.25, 0.3) is 11.7 Å². The summed E-state index contributed by atoms with van der Waals surface area (Å²) in [5.74, 6) is -3.58. The molecule has 3 aromatic carbocycles.